The lowest BCUT2D eigenvalue weighted by Crippen LogP contribution is -2.36. The maximum absolute atomic E-state index is 13.0. The van der Waals surface area contributed by atoms with Crippen LogP contribution in [0.25, 0.3) is 6.08 Å². The molecule has 3 aromatic rings. The van der Waals surface area contributed by atoms with Gasteiger partial charge < -0.3 is 14.8 Å². The predicted molar refractivity (Wildman–Crippen MR) is 165 cm³/mol. The third kappa shape index (κ3) is 7.44. The maximum atomic E-state index is 13.0. The molecular weight excluding hydrogens is 661 g/mol. The van der Waals surface area contributed by atoms with Gasteiger partial charge in [-0.25, -0.2) is 0 Å². The normalized spacial score (nSPS) is 14.0. The summed E-state index contributed by atoms with van der Waals surface area (Å²) in [6.07, 6.45) is 1.57. The summed E-state index contributed by atoms with van der Waals surface area (Å²) in [6.45, 7) is 5.74. The molecule has 0 radical (unpaired) electrons. The Morgan fingerprint density at radius 1 is 1.10 bits per heavy atom. The summed E-state index contributed by atoms with van der Waals surface area (Å²) in [5.74, 6) is -0.167. The number of carbonyl (C=O) groups is 3. The topological polar surface area (TPSA) is 128 Å². The van der Waals surface area contributed by atoms with Gasteiger partial charge in [-0.15, -0.1) is 0 Å². The minimum Gasteiger partial charge on any atom is -0.490 e. The van der Waals surface area contributed by atoms with Crippen molar-refractivity contribution in [1.82, 2.24) is 4.90 Å². The molecule has 4 rings (SSSR count). The summed E-state index contributed by atoms with van der Waals surface area (Å²) in [5, 5.41) is 13.3. The van der Waals surface area contributed by atoms with Gasteiger partial charge in [-0.3, -0.25) is 29.4 Å². The van der Waals surface area contributed by atoms with E-state index in [0.717, 1.165) is 27.8 Å². The molecule has 0 aliphatic carbocycles. The van der Waals surface area contributed by atoms with Crippen molar-refractivity contribution in [1.29, 1.82) is 0 Å². The molecule has 41 heavy (non-hydrogen) atoms. The Morgan fingerprint density at radius 3 is 2.59 bits per heavy atom. The van der Waals surface area contributed by atoms with Crippen molar-refractivity contribution < 1.29 is 28.8 Å². The number of nitro groups is 1. The monoisotopic (exact) mass is 687 g/mol. The van der Waals surface area contributed by atoms with Gasteiger partial charge in [0.1, 0.15) is 13.2 Å². The van der Waals surface area contributed by atoms with E-state index in [9.17, 15) is 24.5 Å². The van der Waals surface area contributed by atoms with Crippen LogP contribution in [0.4, 0.5) is 16.2 Å². The highest BCUT2D eigenvalue weighted by Gasteiger charge is 2.36. The van der Waals surface area contributed by atoms with Gasteiger partial charge in [0.05, 0.1) is 20.0 Å². The third-order valence-corrected chi connectivity index (χ3v) is 7.81. The molecule has 1 saturated heterocycles. The van der Waals surface area contributed by atoms with Crippen molar-refractivity contribution in [3.05, 3.63) is 95.4 Å². The number of aryl methyl sites for hydroxylation is 2. The summed E-state index contributed by atoms with van der Waals surface area (Å²) in [5.41, 5.74) is 3.88. The first kappa shape index (κ1) is 30.1. The van der Waals surface area contributed by atoms with E-state index in [-0.39, 0.29) is 17.2 Å². The summed E-state index contributed by atoms with van der Waals surface area (Å²) in [7, 11) is 0. The molecule has 1 fully saturated rings. The number of benzene rings is 3. The first-order valence-corrected chi connectivity index (χ1v) is 14.4. The van der Waals surface area contributed by atoms with E-state index in [1.165, 1.54) is 12.1 Å². The molecule has 0 atom stereocenters. The molecule has 12 heteroatoms. The van der Waals surface area contributed by atoms with Gasteiger partial charge in [-0.2, -0.15) is 0 Å². The molecule has 3 amide bonds. The van der Waals surface area contributed by atoms with E-state index >= 15 is 0 Å². The lowest BCUT2D eigenvalue weighted by molar-refractivity contribution is -0.384. The van der Waals surface area contributed by atoms with Crippen LogP contribution in [0.1, 0.15) is 29.2 Å². The van der Waals surface area contributed by atoms with Crippen molar-refractivity contribution in [2.75, 3.05) is 18.5 Å². The van der Waals surface area contributed by atoms with E-state index in [1.807, 2.05) is 32.9 Å². The highest BCUT2D eigenvalue weighted by Crippen LogP contribution is 2.38. The van der Waals surface area contributed by atoms with Gasteiger partial charge in [-0.1, -0.05) is 18.2 Å². The number of carbonyl (C=O) groups excluding carboxylic acids is 3. The van der Waals surface area contributed by atoms with Crippen LogP contribution < -0.4 is 14.8 Å². The standard InChI is InChI=1S/C29H26IN3O7S/c1-4-39-24-13-20(12-23(30)27(24)40-16-19-6-5-7-22(11-19)33(37)38)14-25-28(35)32(29(36)41-25)15-26(34)31-21-9-8-17(2)18(3)10-21/h5-14H,4,15-16H2,1-3H3,(H,31,34)/b25-14+. The molecule has 1 heterocycles. The number of thioether (sulfide) groups is 1. The average molecular weight is 688 g/mol. The largest absolute Gasteiger partial charge is 0.490 e. The summed E-state index contributed by atoms with van der Waals surface area (Å²) >= 11 is 2.84. The first-order valence-electron chi connectivity index (χ1n) is 12.5. The van der Waals surface area contributed by atoms with Crippen molar-refractivity contribution in [2.24, 2.45) is 0 Å². The van der Waals surface area contributed by atoms with Crippen molar-refractivity contribution >= 4 is 68.9 Å². The number of amides is 3. The molecule has 0 saturated carbocycles. The van der Waals surface area contributed by atoms with Crippen molar-refractivity contribution in [3.8, 4) is 11.5 Å². The number of anilines is 1. The summed E-state index contributed by atoms with van der Waals surface area (Å²) in [4.78, 5) is 49.9. The van der Waals surface area contributed by atoms with E-state index in [1.54, 1.807) is 36.4 Å². The molecule has 3 aromatic carbocycles. The zero-order valence-corrected chi connectivity index (χ0v) is 25.4. The van der Waals surface area contributed by atoms with Crippen LogP contribution in [-0.4, -0.2) is 40.0 Å². The van der Waals surface area contributed by atoms with Crippen molar-refractivity contribution in [2.45, 2.75) is 27.4 Å². The van der Waals surface area contributed by atoms with Gasteiger partial charge in [0, 0.05) is 17.8 Å². The zero-order chi connectivity index (χ0) is 29.7. The number of halogens is 1. The van der Waals surface area contributed by atoms with E-state index in [0.29, 0.717) is 38.5 Å². The van der Waals surface area contributed by atoms with E-state index in [2.05, 4.69) is 27.9 Å². The molecule has 0 aromatic heterocycles. The number of nitrogens with zero attached hydrogens (tertiary/aromatic N) is 2. The van der Waals surface area contributed by atoms with Gasteiger partial charge in [-0.05, 0) is 108 Å². The minimum absolute atomic E-state index is 0.0298. The third-order valence-electron chi connectivity index (χ3n) is 6.10. The Balaban J connectivity index is 1.49. The summed E-state index contributed by atoms with van der Waals surface area (Å²) < 4.78 is 12.4. The van der Waals surface area contributed by atoms with Crippen LogP contribution in [0, 0.1) is 27.5 Å². The highest BCUT2D eigenvalue weighted by molar-refractivity contribution is 14.1. The summed E-state index contributed by atoms with van der Waals surface area (Å²) in [6, 6.07) is 15.1. The molecule has 1 aliphatic rings. The Kier molecular flexibility index (Phi) is 9.65. The van der Waals surface area contributed by atoms with Crippen LogP contribution in [-0.2, 0) is 16.2 Å². The lowest BCUT2D eigenvalue weighted by Gasteiger charge is -2.15. The lowest BCUT2D eigenvalue weighted by atomic mass is 10.1. The van der Waals surface area contributed by atoms with Gasteiger partial charge in [0.2, 0.25) is 5.91 Å². The fraction of sp³-hybridized carbons (Fsp3) is 0.207. The number of rotatable bonds is 10. The van der Waals surface area contributed by atoms with E-state index < -0.39 is 28.5 Å². The van der Waals surface area contributed by atoms with Gasteiger partial charge in [0.15, 0.2) is 11.5 Å². The number of hydrogen-bond donors (Lipinski definition) is 1. The second kappa shape index (κ2) is 13.2. The molecule has 0 bridgehead atoms. The molecule has 10 nitrogen and oxygen atoms in total. The number of nitrogens with one attached hydrogen (secondary N) is 1. The minimum atomic E-state index is -0.561. The van der Waals surface area contributed by atoms with Crippen LogP contribution in [0.15, 0.2) is 59.5 Å². The van der Waals surface area contributed by atoms with Crippen LogP contribution in [0.3, 0.4) is 0 Å². The Bertz CT molecular complexity index is 1570. The SMILES string of the molecule is CCOc1cc(/C=C2/SC(=O)N(CC(=O)Nc3ccc(C)c(C)c3)C2=O)cc(I)c1OCc1cccc([N+](=O)[O-])c1. The number of hydrogen-bond acceptors (Lipinski definition) is 8. The molecule has 1 aliphatic heterocycles. The maximum Gasteiger partial charge on any atom is 0.294 e. The molecular formula is C29H26IN3O7S. The highest BCUT2D eigenvalue weighted by atomic mass is 127. The van der Waals surface area contributed by atoms with Gasteiger partial charge >= 0.3 is 0 Å². The quantitative estimate of drug-likeness (QED) is 0.111. The Labute approximate surface area is 254 Å². The number of nitro benzene ring substituents is 1. The molecule has 0 unspecified atom stereocenters. The second-order valence-electron chi connectivity index (χ2n) is 9.09. The van der Waals surface area contributed by atoms with Crippen molar-refractivity contribution in [3.63, 3.8) is 0 Å². The van der Waals surface area contributed by atoms with Crippen LogP contribution in [0.2, 0.25) is 0 Å². The van der Waals surface area contributed by atoms with Crippen LogP contribution in [0.5, 0.6) is 11.5 Å². The fourth-order valence-corrected chi connectivity index (χ4v) is 5.56. The predicted octanol–water partition coefficient (Wildman–Crippen LogP) is 6.47. The average Bonchev–Trinajstić information content (AvgIpc) is 3.17. The molecule has 0 spiro atoms. The van der Waals surface area contributed by atoms with Crippen LogP contribution >= 0.6 is 34.4 Å². The fourth-order valence-electron chi connectivity index (χ4n) is 3.94. The van der Waals surface area contributed by atoms with Gasteiger partial charge in [0.25, 0.3) is 16.8 Å². The Hall–Kier alpha value is -3.91. The Morgan fingerprint density at radius 2 is 1.88 bits per heavy atom. The molecule has 1 N–H and O–H groups in total. The second-order valence-corrected chi connectivity index (χ2v) is 11.2. The first-order chi connectivity index (χ1) is 19.5. The zero-order valence-electron chi connectivity index (χ0n) is 22.4. The number of non-ortho nitro benzene ring substituents is 1. The molecule has 212 valence electrons. The number of imide groups is 1. The number of ether oxygens (including phenoxy) is 2. The smallest absolute Gasteiger partial charge is 0.294 e. The van der Waals surface area contributed by atoms with E-state index in [4.69, 9.17) is 9.47 Å².